The highest BCUT2D eigenvalue weighted by atomic mass is 35.5. The first kappa shape index (κ1) is 19.3. The molecular weight excluding hydrogens is 402 g/mol. The summed E-state index contributed by atoms with van der Waals surface area (Å²) in [5.41, 5.74) is 6.17. The second kappa shape index (κ2) is 7.62. The summed E-state index contributed by atoms with van der Waals surface area (Å²) in [6, 6.07) is 13.7. The predicted molar refractivity (Wildman–Crippen MR) is 97.8 cm³/mol. The normalized spacial score (nSPS) is 12.6. The van der Waals surface area contributed by atoms with Crippen molar-refractivity contribution < 1.29 is 17.9 Å². The Labute approximate surface area is 162 Å². The minimum atomic E-state index is -4.73. The highest BCUT2D eigenvalue weighted by Gasteiger charge is 2.44. The second-order valence-corrected chi connectivity index (χ2v) is 6.35. The zero-order chi connectivity index (χ0) is 19.6. The van der Waals surface area contributed by atoms with Gasteiger partial charge < -0.3 is 10.5 Å². The van der Waals surface area contributed by atoms with E-state index >= 15 is 0 Å². The summed E-state index contributed by atoms with van der Waals surface area (Å²) in [5.74, 6) is -0.679. The number of nitrogens with two attached hydrogens (primary N) is 1. The van der Waals surface area contributed by atoms with Crippen molar-refractivity contribution >= 4 is 29.2 Å². The van der Waals surface area contributed by atoms with Gasteiger partial charge in [0.05, 0.1) is 0 Å². The molecule has 2 N–H and O–H groups in total. The molecule has 0 fully saturated rings. The number of ether oxygens (including phenoxy) is 1. The molecule has 0 saturated heterocycles. The van der Waals surface area contributed by atoms with E-state index < -0.39 is 12.3 Å². The lowest BCUT2D eigenvalue weighted by Gasteiger charge is -2.24. The highest BCUT2D eigenvalue weighted by Crippen LogP contribution is 2.41. The number of alkyl halides is 3. The van der Waals surface area contributed by atoms with Gasteiger partial charge >= 0.3 is 6.18 Å². The molecule has 3 rings (SSSR count). The standard InChI is InChI=1S/C18H12Cl2F3N3O/c19-11-6-7-12(13(8-11)10-4-2-1-3-5-10)16(18(21,22)23)27-15-9-14(20)25-17(24)26-15/h1-9,16H,(H2,24,25,26). The van der Waals surface area contributed by atoms with Gasteiger partial charge in [-0.15, -0.1) is 0 Å². The van der Waals surface area contributed by atoms with E-state index in [0.29, 0.717) is 16.1 Å². The number of benzene rings is 2. The Balaban J connectivity index is 2.11. The molecule has 0 spiro atoms. The minimum absolute atomic E-state index is 0.119. The zero-order valence-electron chi connectivity index (χ0n) is 13.5. The molecule has 0 aliphatic carbocycles. The van der Waals surface area contributed by atoms with Gasteiger partial charge in [0.15, 0.2) is 0 Å². The molecule has 0 aliphatic heterocycles. The van der Waals surface area contributed by atoms with E-state index in [1.165, 1.54) is 18.2 Å². The van der Waals surface area contributed by atoms with Crippen LogP contribution in [0.1, 0.15) is 11.7 Å². The molecule has 1 heterocycles. The predicted octanol–water partition coefficient (Wildman–Crippen LogP) is 5.72. The average molecular weight is 414 g/mol. The van der Waals surface area contributed by atoms with Gasteiger partial charge in [0.1, 0.15) is 5.15 Å². The molecule has 140 valence electrons. The summed E-state index contributed by atoms with van der Waals surface area (Å²) in [7, 11) is 0. The van der Waals surface area contributed by atoms with E-state index in [9.17, 15) is 13.2 Å². The lowest BCUT2D eigenvalue weighted by atomic mass is 9.96. The third-order valence-corrected chi connectivity index (χ3v) is 4.04. The second-order valence-electron chi connectivity index (χ2n) is 5.52. The third-order valence-electron chi connectivity index (χ3n) is 3.61. The molecule has 0 bridgehead atoms. The van der Waals surface area contributed by atoms with Crippen molar-refractivity contribution in [3.63, 3.8) is 0 Å². The van der Waals surface area contributed by atoms with Gasteiger partial charge in [-0.1, -0.05) is 59.6 Å². The van der Waals surface area contributed by atoms with Crippen LogP contribution < -0.4 is 10.5 Å². The van der Waals surface area contributed by atoms with Crippen molar-refractivity contribution in [2.75, 3.05) is 5.73 Å². The quantitative estimate of drug-likeness (QED) is 0.556. The first-order valence-electron chi connectivity index (χ1n) is 7.62. The van der Waals surface area contributed by atoms with Crippen LogP contribution in [-0.2, 0) is 0 Å². The highest BCUT2D eigenvalue weighted by molar-refractivity contribution is 6.31. The Hall–Kier alpha value is -2.51. The van der Waals surface area contributed by atoms with Crippen LogP contribution in [0.2, 0.25) is 10.2 Å². The third kappa shape index (κ3) is 4.61. The monoisotopic (exact) mass is 413 g/mol. The summed E-state index contributed by atoms with van der Waals surface area (Å²) < 4.78 is 46.6. The smallest absolute Gasteiger partial charge is 0.429 e. The fourth-order valence-electron chi connectivity index (χ4n) is 2.53. The van der Waals surface area contributed by atoms with Gasteiger partial charge in [-0.3, -0.25) is 0 Å². The van der Waals surface area contributed by atoms with E-state index in [0.717, 1.165) is 6.07 Å². The molecule has 0 saturated carbocycles. The van der Waals surface area contributed by atoms with Gasteiger partial charge in [-0.05, 0) is 23.3 Å². The SMILES string of the molecule is Nc1nc(Cl)cc(OC(c2ccc(Cl)cc2-c2ccccc2)C(F)(F)F)n1. The Kier molecular flexibility index (Phi) is 5.43. The number of hydrogen-bond acceptors (Lipinski definition) is 4. The van der Waals surface area contributed by atoms with E-state index in [2.05, 4.69) is 9.97 Å². The number of halogens is 5. The summed E-state index contributed by atoms with van der Waals surface area (Å²) in [5, 5.41) is 0.172. The fraction of sp³-hybridized carbons (Fsp3) is 0.111. The van der Waals surface area contributed by atoms with Gasteiger partial charge in [-0.25, -0.2) is 4.98 Å². The van der Waals surface area contributed by atoms with Crippen molar-refractivity contribution in [3.8, 4) is 17.0 Å². The topological polar surface area (TPSA) is 61.0 Å². The Morgan fingerprint density at radius 1 is 0.963 bits per heavy atom. The maximum absolute atomic E-state index is 13.8. The molecular formula is C18H12Cl2F3N3O. The van der Waals surface area contributed by atoms with E-state index in [1.807, 2.05) is 0 Å². The van der Waals surface area contributed by atoms with Crippen LogP contribution in [0.4, 0.5) is 19.1 Å². The number of aromatic nitrogens is 2. The Bertz CT molecular complexity index is 932. The first-order chi connectivity index (χ1) is 12.7. The van der Waals surface area contributed by atoms with Crippen LogP contribution in [0, 0.1) is 0 Å². The molecule has 4 nitrogen and oxygen atoms in total. The zero-order valence-corrected chi connectivity index (χ0v) is 15.1. The Morgan fingerprint density at radius 2 is 1.67 bits per heavy atom. The van der Waals surface area contributed by atoms with Crippen molar-refractivity contribution in [3.05, 3.63) is 70.3 Å². The van der Waals surface area contributed by atoms with Crippen LogP contribution >= 0.6 is 23.2 Å². The first-order valence-corrected chi connectivity index (χ1v) is 8.38. The van der Waals surface area contributed by atoms with E-state index in [-0.39, 0.29) is 22.5 Å². The number of hydrogen-bond donors (Lipinski definition) is 1. The summed E-state index contributed by atoms with van der Waals surface area (Å²) in [6.07, 6.45) is -7.04. The summed E-state index contributed by atoms with van der Waals surface area (Å²) >= 11 is 11.7. The largest absolute Gasteiger partial charge is 0.460 e. The van der Waals surface area contributed by atoms with Crippen molar-refractivity contribution in [2.24, 2.45) is 0 Å². The molecule has 9 heteroatoms. The van der Waals surface area contributed by atoms with Crippen molar-refractivity contribution in [1.82, 2.24) is 9.97 Å². The lowest BCUT2D eigenvalue weighted by molar-refractivity contribution is -0.198. The molecule has 0 aliphatic rings. The van der Waals surface area contributed by atoms with E-state index in [1.54, 1.807) is 30.3 Å². The molecule has 27 heavy (non-hydrogen) atoms. The molecule has 1 aromatic heterocycles. The van der Waals surface area contributed by atoms with Crippen LogP contribution in [0.3, 0.4) is 0 Å². The van der Waals surface area contributed by atoms with Crippen LogP contribution in [-0.4, -0.2) is 16.1 Å². The van der Waals surface area contributed by atoms with E-state index in [4.69, 9.17) is 33.7 Å². The maximum atomic E-state index is 13.8. The van der Waals surface area contributed by atoms with Crippen LogP contribution in [0.25, 0.3) is 11.1 Å². The molecule has 0 amide bonds. The molecule has 1 atom stereocenters. The molecule has 2 aromatic carbocycles. The number of nitrogens with zero attached hydrogens (tertiary/aromatic N) is 2. The van der Waals surface area contributed by atoms with Crippen LogP contribution in [0.5, 0.6) is 5.88 Å². The molecule has 0 radical (unpaired) electrons. The summed E-state index contributed by atoms with van der Waals surface area (Å²) in [6.45, 7) is 0. The van der Waals surface area contributed by atoms with Crippen LogP contribution in [0.15, 0.2) is 54.6 Å². The number of anilines is 1. The molecule has 3 aromatic rings. The van der Waals surface area contributed by atoms with Crippen molar-refractivity contribution in [1.29, 1.82) is 0 Å². The summed E-state index contributed by atoms with van der Waals surface area (Å²) in [4.78, 5) is 7.27. The average Bonchev–Trinajstić information content (AvgIpc) is 2.59. The maximum Gasteiger partial charge on any atom is 0.429 e. The van der Waals surface area contributed by atoms with Gasteiger partial charge in [0.2, 0.25) is 17.9 Å². The lowest BCUT2D eigenvalue weighted by Crippen LogP contribution is -2.27. The van der Waals surface area contributed by atoms with Gasteiger partial charge in [0.25, 0.3) is 0 Å². The Morgan fingerprint density at radius 3 is 2.30 bits per heavy atom. The fourth-order valence-corrected chi connectivity index (χ4v) is 2.88. The number of nitrogen functional groups attached to an aromatic ring is 1. The van der Waals surface area contributed by atoms with Crippen molar-refractivity contribution in [2.45, 2.75) is 12.3 Å². The van der Waals surface area contributed by atoms with Gasteiger partial charge in [0, 0.05) is 16.7 Å². The minimum Gasteiger partial charge on any atom is -0.460 e. The van der Waals surface area contributed by atoms with Gasteiger partial charge in [-0.2, -0.15) is 18.2 Å². The molecule has 1 unspecified atom stereocenters. The number of rotatable bonds is 4.